The molecule has 0 bridgehead atoms. The van der Waals surface area contributed by atoms with Crippen molar-refractivity contribution in [2.24, 2.45) is 0 Å². The second kappa shape index (κ2) is 7.52. The third-order valence-corrected chi connectivity index (χ3v) is 3.53. The Morgan fingerprint density at radius 2 is 2.00 bits per heavy atom. The Kier molecular flexibility index (Phi) is 5.45. The molecule has 0 aromatic heterocycles. The average molecular weight is 331 g/mol. The molecule has 118 valence electrons. The maximum absolute atomic E-state index is 12.2. The van der Waals surface area contributed by atoms with Gasteiger partial charge in [-0.3, -0.25) is 4.79 Å². The molecular formula is C17H15ClN2O3. The van der Waals surface area contributed by atoms with Crippen LogP contribution in [0.5, 0.6) is 11.5 Å². The van der Waals surface area contributed by atoms with Gasteiger partial charge in [-0.25, -0.2) is 0 Å². The fraction of sp³-hybridized carbons (Fsp3) is 0.176. The topological polar surface area (TPSA) is 71.3 Å². The smallest absolute Gasteiger partial charge is 0.228 e. The van der Waals surface area contributed by atoms with Crippen LogP contribution in [0.4, 0.5) is 5.69 Å². The van der Waals surface area contributed by atoms with Gasteiger partial charge in [0.25, 0.3) is 0 Å². The molecule has 23 heavy (non-hydrogen) atoms. The van der Waals surface area contributed by atoms with Gasteiger partial charge in [-0.2, -0.15) is 5.26 Å². The molecule has 0 aliphatic rings. The molecule has 0 fully saturated rings. The van der Waals surface area contributed by atoms with Crippen LogP contribution in [0, 0.1) is 11.3 Å². The van der Waals surface area contributed by atoms with E-state index in [0.29, 0.717) is 27.8 Å². The number of nitrogens with zero attached hydrogens (tertiary/aromatic N) is 1. The van der Waals surface area contributed by atoms with Gasteiger partial charge in [0.05, 0.1) is 31.2 Å². The van der Waals surface area contributed by atoms with Crippen molar-refractivity contribution in [3.8, 4) is 17.6 Å². The molecule has 0 radical (unpaired) electrons. The Morgan fingerprint density at radius 1 is 1.22 bits per heavy atom. The van der Waals surface area contributed by atoms with Crippen LogP contribution in [0.15, 0.2) is 36.4 Å². The number of anilines is 1. The molecule has 0 aliphatic carbocycles. The molecule has 5 nitrogen and oxygen atoms in total. The SMILES string of the molecule is COc1ccc(CC(=O)Nc2ccc(C#N)c(Cl)c2)c(OC)c1. The molecule has 0 aliphatic heterocycles. The molecule has 6 heteroatoms. The zero-order valence-corrected chi connectivity index (χ0v) is 13.5. The van der Waals surface area contributed by atoms with E-state index in [4.69, 9.17) is 26.3 Å². The Hall–Kier alpha value is -2.71. The lowest BCUT2D eigenvalue weighted by atomic mass is 10.1. The van der Waals surface area contributed by atoms with Crippen LogP contribution in [-0.2, 0) is 11.2 Å². The van der Waals surface area contributed by atoms with E-state index in [0.717, 1.165) is 5.56 Å². The Bertz CT molecular complexity index is 769. The molecule has 0 saturated carbocycles. The zero-order valence-electron chi connectivity index (χ0n) is 12.7. The molecule has 0 unspecified atom stereocenters. The van der Waals surface area contributed by atoms with Gasteiger partial charge in [-0.15, -0.1) is 0 Å². The summed E-state index contributed by atoms with van der Waals surface area (Å²) in [5.41, 5.74) is 1.64. The van der Waals surface area contributed by atoms with E-state index in [1.807, 2.05) is 6.07 Å². The first-order valence-corrected chi connectivity index (χ1v) is 7.15. The van der Waals surface area contributed by atoms with Crippen molar-refractivity contribution in [1.82, 2.24) is 0 Å². The van der Waals surface area contributed by atoms with E-state index in [1.165, 1.54) is 7.11 Å². The molecule has 0 spiro atoms. The Labute approximate surface area is 139 Å². The van der Waals surface area contributed by atoms with E-state index in [-0.39, 0.29) is 12.3 Å². The number of hydrogen-bond donors (Lipinski definition) is 1. The fourth-order valence-corrected chi connectivity index (χ4v) is 2.28. The van der Waals surface area contributed by atoms with Crippen LogP contribution in [0.3, 0.4) is 0 Å². The average Bonchev–Trinajstić information content (AvgIpc) is 2.55. The summed E-state index contributed by atoms with van der Waals surface area (Å²) in [6.07, 6.45) is 0.144. The van der Waals surface area contributed by atoms with E-state index >= 15 is 0 Å². The summed E-state index contributed by atoms with van der Waals surface area (Å²) >= 11 is 5.95. The minimum Gasteiger partial charge on any atom is -0.497 e. The summed E-state index contributed by atoms with van der Waals surface area (Å²) in [7, 11) is 3.10. The highest BCUT2D eigenvalue weighted by Gasteiger charge is 2.11. The summed E-state index contributed by atoms with van der Waals surface area (Å²) in [4.78, 5) is 12.2. The standard InChI is InChI=1S/C17H15ClN2O3/c1-22-14-6-4-11(16(9-14)23-2)7-17(21)20-13-5-3-12(10-19)15(18)8-13/h3-6,8-9H,7H2,1-2H3,(H,20,21). The second-order valence-electron chi connectivity index (χ2n) is 4.71. The van der Waals surface area contributed by atoms with Crippen molar-refractivity contribution < 1.29 is 14.3 Å². The van der Waals surface area contributed by atoms with Gasteiger partial charge >= 0.3 is 0 Å². The number of rotatable bonds is 5. The van der Waals surface area contributed by atoms with Gasteiger partial charge in [0.1, 0.15) is 17.6 Å². The number of carbonyl (C=O) groups excluding carboxylic acids is 1. The lowest BCUT2D eigenvalue weighted by molar-refractivity contribution is -0.115. The first-order chi connectivity index (χ1) is 11.1. The summed E-state index contributed by atoms with van der Waals surface area (Å²) in [6.45, 7) is 0. The minimum atomic E-state index is -0.214. The van der Waals surface area contributed by atoms with E-state index in [2.05, 4.69) is 5.32 Å². The van der Waals surface area contributed by atoms with Crippen molar-refractivity contribution in [2.45, 2.75) is 6.42 Å². The van der Waals surface area contributed by atoms with Crippen LogP contribution in [0.25, 0.3) is 0 Å². The normalized spacial score (nSPS) is 9.83. The minimum absolute atomic E-state index is 0.144. The number of hydrogen-bond acceptors (Lipinski definition) is 4. The monoisotopic (exact) mass is 330 g/mol. The van der Waals surface area contributed by atoms with Crippen LogP contribution >= 0.6 is 11.6 Å². The third-order valence-electron chi connectivity index (χ3n) is 3.22. The Balaban J connectivity index is 2.11. The van der Waals surface area contributed by atoms with Crippen molar-refractivity contribution in [3.63, 3.8) is 0 Å². The van der Waals surface area contributed by atoms with Crippen molar-refractivity contribution in [1.29, 1.82) is 5.26 Å². The molecule has 1 amide bonds. The summed E-state index contributed by atoms with van der Waals surface area (Å²) in [6, 6.07) is 12.0. The number of nitrogens with one attached hydrogen (secondary N) is 1. The van der Waals surface area contributed by atoms with Crippen LogP contribution in [0.2, 0.25) is 5.02 Å². The molecule has 1 N–H and O–H groups in total. The van der Waals surface area contributed by atoms with E-state index in [1.54, 1.807) is 43.5 Å². The number of amides is 1. The largest absolute Gasteiger partial charge is 0.497 e. The van der Waals surface area contributed by atoms with Crippen LogP contribution in [-0.4, -0.2) is 20.1 Å². The molecule has 0 atom stereocenters. The second-order valence-corrected chi connectivity index (χ2v) is 5.12. The van der Waals surface area contributed by atoms with Gasteiger partial charge in [0, 0.05) is 17.3 Å². The number of ether oxygens (including phenoxy) is 2. The number of methoxy groups -OCH3 is 2. The lowest BCUT2D eigenvalue weighted by Gasteiger charge is -2.11. The summed E-state index contributed by atoms with van der Waals surface area (Å²) in [5, 5.41) is 11.9. The van der Waals surface area contributed by atoms with Crippen molar-refractivity contribution in [3.05, 3.63) is 52.5 Å². The molecule has 0 heterocycles. The van der Waals surface area contributed by atoms with Gasteiger partial charge in [-0.05, 0) is 24.3 Å². The number of nitriles is 1. The highest BCUT2D eigenvalue weighted by Crippen LogP contribution is 2.25. The highest BCUT2D eigenvalue weighted by molar-refractivity contribution is 6.32. The first-order valence-electron chi connectivity index (χ1n) is 6.77. The predicted octanol–water partition coefficient (Wildman–Crippen LogP) is 3.41. The summed E-state index contributed by atoms with van der Waals surface area (Å²) in [5.74, 6) is 1.02. The number of halogens is 1. The van der Waals surface area contributed by atoms with Gasteiger partial charge in [0.15, 0.2) is 0 Å². The van der Waals surface area contributed by atoms with E-state index in [9.17, 15) is 4.79 Å². The molecule has 2 rings (SSSR count). The lowest BCUT2D eigenvalue weighted by Crippen LogP contribution is -2.15. The predicted molar refractivity (Wildman–Crippen MR) is 88.0 cm³/mol. The van der Waals surface area contributed by atoms with E-state index < -0.39 is 0 Å². The van der Waals surface area contributed by atoms with Crippen LogP contribution < -0.4 is 14.8 Å². The van der Waals surface area contributed by atoms with Gasteiger partial charge < -0.3 is 14.8 Å². The quantitative estimate of drug-likeness (QED) is 0.912. The Morgan fingerprint density at radius 3 is 2.61 bits per heavy atom. The highest BCUT2D eigenvalue weighted by atomic mass is 35.5. The molecule has 2 aromatic rings. The zero-order chi connectivity index (χ0) is 16.8. The molecular weight excluding hydrogens is 316 g/mol. The summed E-state index contributed by atoms with van der Waals surface area (Å²) < 4.78 is 10.4. The maximum atomic E-state index is 12.2. The van der Waals surface area contributed by atoms with Crippen molar-refractivity contribution in [2.75, 3.05) is 19.5 Å². The van der Waals surface area contributed by atoms with Crippen LogP contribution in [0.1, 0.15) is 11.1 Å². The number of benzene rings is 2. The number of carbonyl (C=O) groups is 1. The molecule has 0 saturated heterocycles. The van der Waals surface area contributed by atoms with Crippen molar-refractivity contribution >= 4 is 23.2 Å². The van der Waals surface area contributed by atoms with Gasteiger partial charge in [0.2, 0.25) is 5.91 Å². The molecule has 2 aromatic carbocycles. The van der Waals surface area contributed by atoms with Gasteiger partial charge in [-0.1, -0.05) is 17.7 Å². The maximum Gasteiger partial charge on any atom is 0.228 e. The first kappa shape index (κ1) is 16.7. The third kappa shape index (κ3) is 4.15. The fourth-order valence-electron chi connectivity index (χ4n) is 2.06.